The first-order valence-electron chi connectivity index (χ1n) is 6.87. The molecule has 0 amide bonds. The quantitative estimate of drug-likeness (QED) is 0.791. The zero-order valence-corrected chi connectivity index (χ0v) is 12.0. The predicted octanol–water partition coefficient (Wildman–Crippen LogP) is 3.37. The van der Waals surface area contributed by atoms with Crippen molar-refractivity contribution in [1.29, 1.82) is 0 Å². The van der Waals surface area contributed by atoms with Crippen LogP contribution in [0.1, 0.15) is 24.7 Å². The van der Waals surface area contributed by atoms with Crippen molar-refractivity contribution in [1.82, 2.24) is 4.98 Å². The SMILES string of the molecule is CCCOc1cc(N)cc(NCc2cccc(C)n2)c1. The van der Waals surface area contributed by atoms with Crippen LogP contribution in [0.5, 0.6) is 5.75 Å². The summed E-state index contributed by atoms with van der Waals surface area (Å²) in [5, 5.41) is 3.32. The van der Waals surface area contributed by atoms with E-state index in [1.165, 1.54) is 0 Å². The van der Waals surface area contributed by atoms with Gasteiger partial charge < -0.3 is 15.8 Å². The molecule has 1 aromatic heterocycles. The van der Waals surface area contributed by atoms with Crippen LogP contribution >= 0.6 is 0 Å². The van der Waals surface area contributed by atoms with E-state index < -0.39 is 0 Å². The Morgan fingerprint density at radius 3 is 2.85 bits per heavy atom. The van der Waals surface area contributed by atoms with Gasteiger partial charge in [0, 0.05) is 29.2 Å². The van der Waals surface area contributed by atoms with Crippen LogP contribution in [0, 0.1) is 6.92 Å². The lowest BCUT2D eigenvalue weighted by Gasteiger charge is -2.11. The molecule has 106 valence electrons. The van der Waals surface area contributed by atoms with Crippen LogP contribution in [0.2, 0.25) is 0 Å². The molecule has 0 radical (unpaired) electrons. The summed E-state index contributed by atoms with van der Waals surface area (Å²) in [6, 6.07) is 11.7. The van der Waals surface area contributed by atoms with Crippen LogP contribution in [0.3, 0.4) is 0 Å². The Labute approximate surface area is 120 Å². The van der Waals surface area contributed by atoms with Gasteiger partial charge in [0.15, 0.2) is 0 Å². The molecule has 0 fully saturated rings. The number of benzene rings is 1. The van der Waals surface area contributed by atoms with Gasteiger partial charge in [-0.1, -0.05) is 13.0 Å². The highest BCUT2D eigenvalue weighted by Crippen LogP contribution is 2.23. The molecule has 0 saturated carbocycles. The number of pyridine rings is 1. The molecule has 1 aromatic carbocycles. The minimum absolute atomic E-state index is 0.665. The minimum atomic E-state index is 0.665. The molecule has 0 spiro atoms. The molecule has 0 aliphatic heterocycles. The molecule has 0 bridgehead atoms. The van der Waals surface area contributed by atoms with E-state index in [1.807, 2.05) is 43.3 Å². The van der Waals surface area contributed by atoms with Crippen LogP contribution < -0.4 is 15.8 Å². The average molecular weight is 271 g/mol. The number of aromatic nitrogens is 1. The molecular weight excluding hydrogens is 250 g/mol. The molecule has 0 aliphatic rings. The third kappa shape index (κ3) is 4.16. The number of nitrogen functional groups attached to an aromatic ring is 1. The number of nitrogens with zero attached hydrogens (tertiary/aromatic N) is 1. The summed E-state index contributed by atoms with van der Waals surface area (Å²) >= 11 is 0. The van der Waals surface area contributed by atoms with E-state index in [2.05, 4.69) is 17.2 Å². The number of ether oxygens (including phenoxy) is 1. The number of nitrogens with two attached hydrogens (primary N) is 1. The fourth-order valence-corrected chi connectivity index (χ4v) is 1.92. The second kappa shape index (κ2) is 6.80. The number of anilines is 2. The van der Waals surface area contributed by atoms with Crippen molar-refractivity contribution in [3.63, 3.8) is 0 Å². The zero-order chi connectivity index (χ0) is 14.4. The molecule has 20 heavy (non-hydrogen) atoms. The van der Waals surface area contributed by atoms with Crippen molar-refractivity contribution < 1.29 is 4.74 Å². The minimum Gasteiger partial charge on any atom is -0.493 e. The van der Waals surface area contributed by atoms with E-state index >= 15 is 0 Å². The second-order valence-electron chi connectivity index (χ2n) is 4.76. The van der Waals surface area contributed by atoms with Gasteiger partial charge in [0.2, 0.25) is 0 Å². The molecule has 4 nitrogen and oxygen atoms in total. The summed E-state index contributed by atoms with van der Waals surface area (Å²) in [4.78, 5) is 4.46. The van der Waals surface area contributed by atoms with Crippen LogP contribution in [0.15, 0.2) is 36.4 Å². The smallest absolute Gasteiger partial charge is 0.123 e. The summed E-state index contributed by atoms with van der Waals surface area (Å²) in [7, 11) is 0. The topological polar surface area (TPSA) is 60.2 Å². The molecule has 0 unspecified atom stereocenters. The Morgan fingerprint density at radius 1 is 1.25 bits per heavy atom. The molecule has 0 saturated heterocycles. The maximum absolute atomic E-state index is 5.89. The van der Waals surface area contributed by atoms with Gasteiger partial charge in [-0.25, -0.2) is 0 Å². The fourth-order valence-electron chi connectivity index (χ4n) is 1.92. The molecular formula is C16H21N3O. The Bertz CT molecular complexity index is 569. The predicted molar refractivity (Wildman–Crippen MR) is 82.9 cm³/mol. The van der Waals surface area contributed by atoms with E-state index in [-0.39, 0.29) is 0 Å². The highest BCUT2D eigenvalue weighted by molar-refractivity contribution is 5.59. The molecule has 3 N–H and O–H groups in total. The van der Waals surface area contributed by atoms with Gasteiger partial charge >= 0.3 is 0 Å². The summed E-state index contributed by atoms with van der Waals surface area (Å²) in [6.45, 7) is 5.43. The Morgan fingerprint density at radius 2 is 2.10 bits per heavy atom. The highest BCUT2D eigenvalue weighted by Gasteiger charge is 2.01. The molecule has 4 heteroatoms. The summed E-state index contributed by atoms with van der Waals surface area (Å²) in [6.07, 6.45) is 0.977. The first-order chi connectivity index (χ1) is 9.67. The van der Waals surface area contributed by atoms with Crippen molar-refractivity contribution in [3.05, 3.63) is 47.8 Å². The van der Waals surface area contributed by atoms with Crippen molar-refractivity contribution in [2.24, 2.45) is 0 Å². The first kappa shape index (κ1) is 14.2. The first-order valence-corrected chi connectivity index (χ1v) is 6.87. The van der Waals surface area contributed by atoms with Crippen molar-refractivity contribution in [3.8, 4) is 5.75 Å². The summed E-state index contributed by atoms with van der Waals surface area (Å²) in [5.41, 5.74) is 9.55. The Kier molecular flexibility index (Phi) is 4.82. The monoisotopic (exact) mass is 271 g/mol. The van der Waals surface area contributed by atoms with Crippen molar-refractivity contribution in [2.45, 2.75) is 26.8 Å². The van der Waals surface area contributed by atoms with E-state index in [1.54, 1.807) is 0 Å². The van der Waals surface area contributed by atoms with Gasteiger partial charge in [-0.3, -0.25) is 4.98 Å². The normalized spacial score (nSPS) is 10.3. The van der Waals surface area contributed by atoms with Gasteiger partial charge in [-0.2, -0.15) is 0 Å². The van der Waals surface area contributed by atoms with Crippen LogP contribution in [0.25, 0.3) is 0 Å². The average Bonchev–Trinajstić information content (AvgIpc) is 2.42. The van der Waals surface area contributed by atoms with Crippen LogP contribution in [-0.2, 0) is 6.54 Å². The fraction of sp³-hybridized carbons (Fsp3) is 0.312. The third-order valence-electron chi connectivity index (χ3n) is 2.82. The third-order valence-corrected chi connectivity index (χ3v) is 2.82. The Hall–Kier alpha value is -2.23. The lowest BCUT2D eigenvalue weighted by molar-refractivity contribution is 0.318. The van der Waals surface area contributed by atoms with Crippen molar-refractivity contribution >= 4 is 11.4 Å². The van der Waals surface area contributed by atoms with E-state index in [0.717, 1.165) is 29.2 Å². The van der Waals surface area contributed by atoms with E-state index in [0.29, 0.717) is 18.8 Å². The standard InChI is InChI=1S/C16H21N3O/c1-3-7-20-16-9-13(17)8-15(10-16)18-11-14-6-4-5-12(2)19-14/h4-6,8-10,18H,3,7,11,17H2,1-2H3. The Balaban J connectivity index is 2.03. The lowest BCUT2D eigenvalue weighted by Crippen LogP contribution is -2.03. The number of rotatable bonds is 6. The van der Waals surface area contributed by atoms with E-state index in [4.69, 9.17) is 10.5 Å². The largest absolute Gasteiger partial charge is 0.493 e. The van der Waals surface area contributed by atoms with Crippen LogP contribution in [0.4, 0.5) is 11.4 Å². The summed E-state index contributed by atoms with van der Waals surface area (Å²) in [5.74, 6) is 0.798. The second-order valence-corrected chi connectivity index (χ2v) is 4.76. The molecule has 0 atom stereocenters. The van der Waals surface area contributed by atoms with Gasteiger partial charge in [0.25, 0.3) is 0 Å². The van der Waals surface area contributed by atoms with E-state index in [9.17, 15) is 0 Å². The number of hydrogen-bond donors (Lipinski definition) is 2. The van der Waals surface area contributed by atoms with Gasteiger partial charge in [0.1, 0.15) is 5.75 Å². The highest BCUT2D eigenvalue weighted by atomic mass is 16.5. The van der Waals surface area contributed by atoms with Crippen LogP contribution in [-0.4, -0.2) is 11.6 Å². The van der Waals surface area contributed by atoms with Crippen molar-refractivity contribution in [2.75, 3.05) is 17.7 Å². The molecule has 2 aromatic rings. The molecule has 0 aliphatic carbocycles. The number of hydrogen-bond acceptors (Lipinski definition) is 4. The zero-order valence-electron chi connectivity index (χ0n) is 12.0. The lowest BCUT2D eigenvalue weighted by atomic mass is 10.2. The summed E-state index contributed by atoms with van der Waals surface area (Å²) < 4.78 is 5.61. The van der Waals surface area contributed by atoms with Gasteiger partial charge in [0.05, 0.1) is 18.8 Å². The number of nitrogens with one attached hydrogen (secondary N) is 1. The maximum atomic E-state index is 5.89. The number of aryl methyl sites for hydroxylation is 1. The molecule has 2 rings (SSSR count). The molecule has 1 heterocycles. The maximum Gasteiger partial charge on any atom is 0.123 e. The van der Waals surface area contributed by atoms with Gasteiger partial charge in [-0.05, 0) is 31.5 Å². The van der Waals surface area contributed by atoms with Gasteiger partial charge in [-0.15, -0.1) is 0 Å².